The molecule has 1 aromatic carbocycles. The van der Waals surface area contributed by atoms with Gasteiger partial charge in [0.2, 0.25) is 10.0 Å². The molecule has 0 aliphatic carbocycles. The fourth-order valence-corrected chi connectivity index (χ4v) is 4.85. The van der Waals surface area contributed by atoms with Gasteiger partial charge in [-0.2, -0.15) is 14.2 Å². The first-order valence-electron chi connectivity index (χ1n) is 8.76. The molecule has 2 aromatic heterocycles. The van der Waals surface area contributed by atoms with Gasteiger partial charge in [-0.25, -0.2) is 13.2 Å². The minimum atomic E-state index is -3.73. The van der Waals surface area contributed by atoms with Crippen LogP contribution >= 0.6 is 0 Å². The maximum absolute atomic E-state index is 12.9. The molecule has 3 heterocycles. The second-order valence-corrected chi connectivity index (χ2v) is 8.39. The predicted octanol–water partition coefficient (Wildman–Crippen LogP) is 0.332. The largest absolute Gasteiger partial charge is 0.351 e. The Hall–Kier alpha value is -3.00. The van der Waals surface area contributed by atoms with Gasteiger partial charge in [0.25, 0.3) is 0 Å². The van der Waals surface area contributed by atoms with Crippen molar-refractivity contribution >= 4 is 15.7 Å². The van der Waals surface area contributed by atoms with Crippen molar-refractivity contribution in [3.05, 3.63) is 64.7 Å². The van der Waals surface area contributed by atoms with Gasteiger partial charge in [0.1, 0.15) is 6.07 Å². The average molecular weight is 398 g/mol. The molecule has 0 amide bonds. The molecule has 0 N–H and O–H groups in total. The van der Waals surface area contributed by atoms with Gasteiger partial charge in [-0.05, 0) is 24.3 Å². The van der Waals surface area contributed by atoms with Crippen LogP contribution in [0.2, 0.25) is 0 Å². The first kappa shape index (κ1) is 18.4. The van der Waals surface area contributed by atoms with Crippen LogP contribution in [0, 0.1) is 11.3 Å². The molecule has 0 unspecified atom stereocenters. The Kier molecular flexibility index (Phi) is 4.72. The van der Waals surface area contributed by atoms with E-state index in [4.69, 9.17) is 0 Å². The summed E-state index contributed by atoms with van der Waals surface area (Å²) in [4.78, 5) is 14.4. The van der Waals surface area contributed by atoms with Gasteiger partial charge in [0.15, 0.2) is 5.65 Å². The maximum atomic E-state index is 12.9. The van der Waals surface area contributed by atoms with Crippen LogP contribution < -0.4 is 5.69 Å². The van der Waals surface area contributed by atoms with Crippen LogP contribution in [0.1, 0.15) is 5.56 Å². The fourth-order valence-electron chi connectivity index (χ4n) is 3.28. The van der Waals surface area contributed by atoms with Crippen molar-refractivity contribution in [2.24, 2.45) is 0 Å². The third-order valence-corrected chi connectivity index (χ3v) is 6.74. The topological polar surface area (TPSA) is 104 Å². The lowest BCUT2D eigenvalue weighted by Crippen LogP contribution is -2.49. The number of benzene rings is 1. The SMILES string of the molecule is N#Cc1ccccc1S(=O)(=O)N1CCN(Cn2nc3ccccn3c2=O)CC1. The first-order valence-corrected chi connectivity index (χ1v) is 10.2. The molecule has 0 bridgehead atoms. The molecular formula is C18H18N6O3S. The smallest absolute Gasteiger partial charge is 0.282 e. The number of hydrogen-bond donors (Lipinski definition) is 0. The zero-order chi connectivity index (χ0) is 19.7. The second-order valence-electron chi connectivity index (χ2n) is 6.48. The van der Waals surface area contributed by atoms with Gasteiger partial charge < -0.3 is 0 Å². The Labute approximate surface area is 161 Å². The lowest BCUT2D eigenvalue weighted by Gasteiger charge is -2.33. The van der Waals surface area contributed by atoms with Crippen molar-refractivity contribution in [1.82, 2.24) is 23.4 Å². The van der Waals surface area contributed by atoms with Crippen molar-refractivity contribution < 1.29 is 8.42 Å². The first-order chi connectivity index (χ1) is 13.5. The normalized spacial score (nSPS) is 16.2. The van der Waals surface area contributed by atoms with Crippen molar-refractivity contribution in [2.75, 3.05) is 26.2 Å². The van der Waals surface area contributed by atoms with Crippen LogP contribution in [0.15, 0.2) is 58.4 Å². The van der Waals surface area contributed by atoms with Crippen molar-refractivity contribution in [3.8, 4) is 6.07 Å². The van der Waals surface area contributed by atoms with E-state index in [1.807, 2.05) is 17.0 Å². The summed E-state index contributed by atoms with van der Waals surface area (Å²) in [6.07, 6.45) is 1.66. The van der Waals surface area contributed by atoms with Crippen LogP contribution in [-0.2, 0) is 16.7 Å². The van der Waals surface area contributed by atoms with E-state index in [2.05, 4.69) is 5.10 Å². The molecule has 10 heteroatoms. The summed E-state index contributed by atoms with van der Waals surface area (Å²) in [5, 5.41) is 13.5. The zero-order valence-corrected chi connectivity index (χ0v) is 15.8. The van der Waals surface area contributed by atoms with Crippen molar-refractivity contribution in [3.63, 3.8) is 0 Å². The number of fused-ring (bicyclic) bond motifs is 1. The minimum absolute atomic E-state index is 0.0301. The highest BCUT2D eigenvalue weighted by molar-refractivity contribution is 7.89. The Balaban J connectivity index is 1.48. The summed E-state index contributed by atoms with van der Waals surface area (Å²) in [7, 11) is -3.73. The summed E-state index contributed by atoms with van der Waals surface area (Å²) in [6, 6.07) is 13.5. The molecule has 1 saturated heterocycles. The van der Waals surface area contributed by atoms with Crippen LogP contribution in [0.5, 0.6) is 0 Å². The van der Waals surface area contributed by atoms with E-state index in [-0.39, 0.29) is 29.2 Å². The lowest BCUT2D eigenvalue weighted by atomic mass is 10.2. The Morgan fingerprint density at radius 3 is 2.46 bits per heavy atom. The van der Waals surface area contributed by atoms with Gasteiger partial charge in [-0.1, -0.05) is 18.2 Å². The summed E-state index contributed by atoms with van der Waals surface area (Å²) < 4.78 is 30.0. The highest BCUT2D eigenvalue weighted by Crippen LogP contribution is 2.21. The highest BCUT2D eigenvalue weighted by atomic mass is 32.2. The predicted molar refractivity (Wildman–Crippen MR) is 101 cm³/mol. The monoisotopic (exact) mass is 398 g/mol. The molecule has 144 valence electrons. The number of piperazine rings is 1. The van der Waals surface area contributed by atoms with Crippen LogP contribution in [0.3, 0.4) is 0 Å². The number of rotatable bonds is 4. The highest BCUT2D eigenvalue weighted by Gasteiger charge is 2.30. The van der Waals surface area contributed by atoms with E-state index < -0.39 is 10.0 Å². The Morgan fingerprint density at radius 1 is 1.04 bits per heavy atom. The molecule has 0 atom stereocenters. The van der Waals surface area contributed by atoms with Crippen molar-refractivity contribution in [2.45, 2.75) is 11.6 Å². The van der Waals surface area contributed by atoms with E-state index in [9.17, 15) is 18.5 Å². The van der Waals surface area contributed by atoms with Gasteiger partial charge in [-0.3, -0.25) is 9.30 Å². The number of hydrogen-bond acceptors (Lipinski definition) is 6. The lowest BCUT2D eigenvalue weighted by molar-refractivity contribution is 0.144. The quantitative estimate of drug-likeness (QED) is 0.627. The fraction of sp³-hybridized carbons (Fsp3) is 0.278. The van der Waals surface area contributed by atoms with E-state index in [1.54, 1.807) is 30.5 Å². The number of nitriles is 1. The van der Waals surface area contributed by atoms with E-state index >= 15 is 0 Å². The molecule has 1 aliphatic heterocycles. The summed E-state index contributed by atoms with van der Waals surface area (Å²) in [6.45, 7) is 1.79. The average Bonchev–Trinajstić information content (AvgIpc) is 3.04. The van der Waals surface area contributed by atoms with Gasteiger partial charge in [-0.15, -0.1) is 5.10 Å². The molecule has 9 nitrogen and oxygen atoms in total. The van der Waals surface area contributed by atoms with Crippen LogP contribution in [0.25, 0.3) is 5.65 Å². The zero-order valence-electron chi connectivity index (χ0n) is 15.0. The van der Waals surface area contributed by atoms with Gasteiger partial charge in [0, 0.05) is 32.4 Å². The molecule has 0 radical (unpaired) electrons. The molecule has 1 aliphatic rings. The number of sulfonamides is 1. The van der Waals surface area contributed by atoms with Gasteiger partial charge in [0.05, 0.1) is 17.1 Å². The molecule has 1 fully saturated rings. The Bertz CT molecular complexity index is 1220. The summed E-state index contributed by atoms with van der Waals surface area (Å²) >= 11 is 0. The second kappa shape index (κ2) is 7.20. The van der Waals surface area contributed by atoms with E-state index in [1.165, 1.54) is 25.5 Å². The third-order valence-electron chi connectivity index (χ3n) is 4.78. The van der Waals surface area contributed by atoms with Crippen LogP contribution in [0.4, 0.5) is 0 Å². The minimum Gasteiger partial charge on any atom is -0.282 e. The van der Waals surface area contributed by atoms with Gasteiger partial charge >= 0.3 is 5.69 Å². The molecule has 0 saturated carbocycles. The number of nitrogens with zero attached hydrogens (tertiary/aromatic N) is 6. The molecule has 4 rings (SSSR count). The molecule has 3 aromatic rings. The molecule has 28 heavy (non-hydrogen) atoms. The molecule has 0 spiro atoms. The summed E-state index contributed by atoms with van der Waals surface area (Å²) in [5.41, 5.74) is 0.483. The Morgan fingerprint density at radius 2 is 1.75 bits per heavy atom. The number of pyridine rings is 1. The van der Waals surface area contributed by atoms with Crippen LogP contribution in [-0.4, -0.2) is 58.0 Å². The van der Waals surface area contributed by atoms with E-state index in [0.717, 1.165) is 0 Å². The van der Waals surface area contributed by atoms with Crippen molar-refractivity contribution in [1.29, 1.82) is 5.26 Å². The number of aromatic nitrogens is 3. The molecular weight excluding hydrogens is 380 g/mol. The maximum Gasteiger partial charge on any atom is 0.351 e. The standard InChI is InChI=1S/C18H18N6O3S/c19-13-15-5-1-2-6-16(15)28(26,27)22-11-9-21(10-12-22)14-24-18(25)23-8-4-3-7-17(23)20-24/h1-8H,9-12,14H2. The third kappa shape index (κ3) is 3.20. The summed E-state index contributed by atoms with van der Waals surface area (Å²) in [5.74, 6) is 0. The van der Waals surface area contributed by atoms with E-state index in [0.29, 0.717) is 25.4 Å².